The fourth-order valence-corrected chi connectivity index (χ4v) is 3.10. The maximum Gasteiger partial charge on any atom is 0.409 e. The summed E-state index contributed by atoms with van der Waals surface area (Å²) in [6.45, 7) is 6.62. The molecule has 0 spiro atoms. The van der Waals surface area contributed by atoms with Gasteiger partial charge >= 0.3 is 18.2 Å². The lowest BCUT2D eigenvalue weighted by Crippen LogP contribution is -2.76. The number of aliphatic carboxylic acids is 1. The summed E-state index contributed by atoms with van der Waals surface area (Å²) in [4.78, 5) is 36.9. The Labute approximate surface area is 169 Å². The number of rotatable bonds is 5. The zero-order valence-corrected chi connectivity index (χ0v) is 17.1. The number of amides is 2. The molecule has 1 aromatic carbocycles. The van der Waals surface area contributed by atoms with Crippen LogP contribution >= 0.6 is 0 Å². The summed E-state index contributed by atoms with van der Waals surface area (Å²) in [6, 6.07) is 8.98. The molecule has 0 aromatic heterocycles. The van der Waals surface area contributed by atoms with Gasteiger partial charge in [0.2, 0.25) is 0 Å². The van der Waals surface area contributed by atoms with E-state index in [9.17, 15) is 19.5 Å². The lowest BCUT2D eigenvalue weighted by atomic mass is 9.81. The number of carbonyl (C=O) groups is 3. The Hall–Kier alpha value is -2.81. The van der Waals surface area contributed by atoms with Crippen molar-refractivity contribution in [1.82, 2.24) is 10.6 Å². The highest BCUT2D eigenvalue weighted by atomic mass is 16.6. The second-order valence-corrected chi connectivity index (χ2v) is 8.01. The van der Waals surface area contributed by atoms with E-state index < -0.39 is 35.0 Å². The lowest BCUT2D eigenvalue weighted by Gasteiger charge is -2.48. The summed E-state index contributed by atoms with van der Waals surface area (Å²) in [5, 5.41) is 14.8. The number of nitrogens with one attached hydrogen (secondary N) is 2. The summed E-state index contributed by atoms with van der Waals surface area (Å²) in [5.41, 5.74) is -3.72. The molecule has 2 rings (SSSR count). The van der Waals surface area contributed by atoms with Crippen LogP contribution in [-0.2, 0) is 25.6 Å². The first-order valence-corrected chi connectivity index (χ1v) is 9.35. The van der Waals surface area contributed by atoms with Crippen LogP contribution in [0.25, 0.3) is 0 Å². The van der Waals surface area contributed by atoms with Crippen molar-refractivity contribution in [2.24, 2.45) is 0 Å². The van der Waals surface area contributed by atoms with Gasteiger partial charge in [0.1, 0.15) is 12.2 Å². The van der Waals surface area contributed by atoms with Gasteiger partial charge in [-0.15, -0.1) is 0 Å². The summed E-state index contributed by atoms with van der Waals surface area (Å²) >= 11 is 0. The average molecular weight is 408 g/mol. The molecule has 1 heterocycles. The van der Waals surface area contributed by atoms with E-state index in [-0.39, 0.29) is 19.6 Å². The summed E-state index contributed by atoms with van der Waals surface area (Å²) < 4.78 is 16.0. The molecule has 9 heteroatoms. The molecule has 0 aliphatic carbocycles. The molecule has 1 aromatic rings. The van der Waals surface area contributed by atoms with Crippen LogP contribution in [0.2, 0.25) is 0 Å². The van der Waals surface area contributed by atoms with Gasteiger partial charge in [-0.25, -0.2) is 14.4 Å². The van der Waals surface area contributed by atoms with Crippen LogP contribution in [0.1, 0.15) is 46.1 Å². The summed E-state index contributed by atoms with van der Waals surface area (Å²) in [5.74, 6) is -1.35. The fraction of sp³-hybridized carbons (Fsp3) is 0.550. The highest BCUT2D eigenvalue weighted by Crippen LogP contribution is 2.34. The fourth-order valence-electron chi connectivity index (χ4n) is 3.10. The normalized spacial score (nSPS) is 24.3. The van der Waals surface area contributed by atoms with Gasteiger partial charge in [-0.2, -0.15) is 0 Å². The van der Waals surface area contributed by atoms with Crippen molar-refractivity contribution < 1.29 is 33.7 Å². The third-order valence-corrected chi connectivity index (χ3v) is 4.53. The maximum atomic E-state index is 12.4. The smallest absolute Gasteiger partial charge is 0.409 e. The quantitative estimate of drug-likeness (QED) is 0.684. The van der Waals surface area contributed by atoms with Crippen LogP contribution in [0.15, 0.2) is 30.3 Å². The van der Waals surface area contributed by atoms with Crippen LogP contribution in [0, 0.1) is 0 Å². The molecule has 160 valence electrons. The van der Waals surface area contributed by atoms with Crippen molar-refractivity contribution in [3.63, 3.8) is 0 Å². The Kier molecular flexibility index (Phi) is 6.73. The van der Waals surface area contributed by atoms with Gasteiger partial charge in [-0.1, -0.05) is 30.3 Å². The van der Waals surface area contributed by atoms with E-state index in [2.05, 4.69) is 10.6 Å². The van der Waals surface area contributed by atoms with Gasteiger partial charge in [0.25, 0.3) is 0 Å². The molecule has 0 radical (unpaired) electrons. The first-order valence-electron chi connectivity index (χ1n) is 9.35. The van der Waals surface area contributed by atoms with Crippen LogP contribution in [0.5, 0.6) is 0 Å². The number of benzene rings is 1. The van der Waals surface area contributed by atoms with Gasteiger partial charge in [0.15, 0.2) is 11.3 Å². The number of hydrogen-bond acceptors (Lipinski definition) is 6. The Morgan fingerprint density at radius 2 is 1.79 bits per heavy atom. The van der Waals surface area contributed by atoms with Gasteiger partial charge in [0, 0.05) is 6.61 Å². The molecule has 2 atom stereocenters. The summed E-state index contributed by atoms with van der Waals surface area (Å²) in [6.07, 6.45) is -1.38. The molecule has 2 amide bonds. The zero-order chi connectivity index (χ0) is 21.7. The molecule has 9 nitrogen and oxygen atoms in total. The molecule has 0 bridgehead atoms. The van der Waals surface area contributed by atoms with Crippen LogP contribution in [-0.4, -0.2) is 46.7 Å². The molecule has 1 saturated heterocycles. The predicted molar refractivity (Wildman–Crippen MR) is 103 cm³/mol. The third kappa shape index (κ3) is 5.60. The molecule has 0 unspecified atom stereocenters. The van der Waals surface area contributed by atoms with E-state index >= 15 is 0 Å². The van der Waals surface area contributed by atoms with Crippen molar-refractivity contribution in [3.8, 4) is 0 Å². The number of carboxylic acids is 1. The van der Waals surface area contributed by atoms with Crippen molar-refractivity contribution in [2.75, 3.05) is 6.61 Å². The molecule has 3 N–H and O–H groups in total. The van der Waals surface area contributed by atoms with Gasteiger partial charge in [0.05, 0.1) is 0 Å². The Morgan fingerprint density at radius 1 is 1.14 bits per heavy atom. The second kappa shape index (κ2) is 8.69. The van der Waals surface area contributed by atoms with Crippen molar-refractivity contribution >= 4 is 18.2 Å². The maximum absolute atomic E-state index is 12.4. The standard InChI is InChI=1S/C20H28N2O7/c1-18(2,3)29-17(26)21-19(4)20(15(23)24,11-8-12-28-19)22-16(25)27-13-14-9-6-5-7-10-14/h5-7,9-10H,8,11-13H2,1-4H3,(H,21,26)(H,22,25)(H,23,24)/t19-,20+/m1/s1. The van der Waals surface area contributed by atoms with E-state index in [0.717, 1.165) is 5.56 Å². The molecule has 29 heavy (non-hydrogen) atoms. The van der Waals surface area contributed by atoms with Crippen LogP contribution in [0.4, 0.5) is 9.59 Å². The van der Waals surface area contributed by atoms with E-state index in [1.54, 1.807) is 45.0 Å². The summed E-state index contributed by atoms with van der Waals surface area (Å²) in [7, 11) is 0. The zero-order valence-electron chi connectivity index (χ0n) is 17.1. The van der Waals surface area contributed by atoms with Crippen molar-refractivity contribution in [3.05, 3.63) is 35.9 Å². The van der Waals surface area contributed by atoms with E-state index in [0.29, 0.717) is 6.42 Å². The minimum absolute atomic E-state index is 0.0283. The number of ether oxygens (including phenoxy) is 3. The number of hydrogen-bond donors (Lipinski definition) is 3. The highest BCUT2D eigenvalue weighted by Gasteiger charge is 2.59. The molecular weight excluding hydrogens is 380 g/mol. The van der Waals surface area contributed by atoms with Crippen LogP contribution in [0.3, 0.4) is 0 Å². The lowest BCUT2D eigenvalue weighted by molar-refractivity contribution is -0.181. The second-order valence-electron chi connectivity index (χ2n) is 8.01. The largest absolute Gasteiger partial charge is 0.479 e. The van der Waals surface area contributed by atoms with Crippen molar-refractivity contribution in [2.45, 2.75) is 64.0 Å². The van der Waals surface area contributed by atoms with E-state index in [1.165, 1.54) is 6.92 Å². The minimum Gasteiger partial charge on any atom is -0.479 e. The first kappa shape index (κ1) is 22.5. The molecule has 0 saturated carbocycles. The molecule has 1 aliphatic heterocycles. The van der Waals surface area contributed by atoms with Crippen molar-refractivity contribution in [1.29, 1.82) is 0 Å². The van der Waals surface area contributed by atoms with Crippen LogP contribution < -0.4 is 10.6 Å². The van der Waals surface area contributed by atoms with Gasteiger partial charge < -0.3 is 24.6 Å². The average Bonchev–Trinajstić information content (AvgIpc) is 2.61. The molecule has 1 fully saturated rings. The monoisotopic (exact) mass is 408 g/mol. The highest BCUT2D eigenvalue weighted by molar-refractivity contribution is 5.87. The Morgan fingerprint density at radius 3 is 2.38 bits per heavy atom. The van der Waals surface area contributed by atoms with Gasteiger partial charge in [-0.05, 0) is 46.1 Å². The molecule has 1 aliphatic rings. The van der Waals surface area contributed by atoms with E-state index in [4.69, 9.17) is 14.2 Å². The Bertz CT molecular complexity index is 747. The third-order valence-electron chi connectivity index (χ3n) is 4.53. The van der Waals surface area contributed by atoms with E-state index in [1.807, 2.05) is 6.07 Å². The SMILES string of the molecule is CC(C)(C)OC(=O)N[C@]1(C)OCCC[C@]1(NC(=O)OCc1ccccc1)C(=O)O. The number of alkyl carbamates (subject to hydrolysis) is 2. The predicted octanol–water partition coefficient (Wildman–Crippen LogP) is 2.79. The number of carbonyl (C=O) groups excluding carboxylic acids is 2. The number of carboxylic acid groups (broad SMARTS) is 1. The Balaban J connectivity index is 2.17. The topological polar surface area (TPSA) is 123 Å². The minimum atomic E-state index is -1.93. The van der Waals surface area contributed by atoms with Gasteiger partial charge in [-0.3, -0.25) is 5.32 Å². The first-order chi connectivity index (χ1) is 13.5. The molecular formula is C20H28N2O7.